The number of aryl methyl sites for hydroxylation is 1. The van der Waals surface area contributed by atoms with Gasteiger partial charge in [-0.05, 0) is 25.5 Å². The molecule has 0 aliphatic carbocycles. The maximum Gasteiger partial charge on any atom is 0.271 e. The highest BCUT2D eigenvalue weighted by atomic mass is 16.5. The highest BCUT2D eigenvalue weighted by molar-refractivity contribution is 5.97. The van der Waals surface area contributed by atoms with Crippen LogP contribution in [-0.2, 0) is 0 Å². The van der Waals surface area contributed by atoms with E-state index in [-0.39, 0.29) is 5.69 Å². The van der Waals surface area contributed by atoms with E-state index in [1.165, 1.54) is 0 Å². The van der Waals surface area contributed by atoms with Gasteiger partial charge in [-0.2, -0.15) is 15.4 Å². The lowest BCUT2D eigenvalue weighted by atomic mass is 10.1. The van der Waals surface area contributed by atoms with Crippen molar-refractivity contribution in [2.24, 2.45) is 5.73 Å². The minimum absolute atomic E-state index is 0.124. The molecule has 6 nitrogen and oxygen atoms in total. The fourth-order valence-corrected chi connectivity index (χ4v) is 2.08. The smallest absolute Gasteiger partial charge is 0.271 e. The number of rotatable bonds is 7. The summed E-state index contributed by atoms with van der Waals surface area (Å²) in [5, 5.41) is 10.3. The number of aromatic nitrogens is 3. The molecule has 0 radical (unpaired) electrons. The minimum atomic E-state index is -0.614. The number of carbonyl (C=O) groups excluding carboxylic acids is 1. The number of ether oxygens (including phenoxy) is 1. The Morgan fingerprint density at radius 2 is 2.14 bits per heavy atom. The first-order valence-electron chi connectivity index (χ1n) is 7.08. The number of benzene rings is 1. The van der Waals surface area contributed by atoms with Crippen LogP contribution in [-0.4, -0.2) is 27.9 Å². The van der Waals surface area contributed by atoms with E-state index >= 15 is 0 Å². The number of H-pyrrole nitrogens is 1. The van der Waals surface area contributed by atoms with Crippen molar-refractivity contribution >= 4 is 5.91 Å². The Morgan fingerprint density at radius 1 is 1.33 bits per heavy atom. The van der Waals surface area contributed by atoms with Gasteiger partial charge in [0.25, 0.3) is 5.91 Å². The fraction of sp³-hybridized carbons (Fsp3) is 0.400. The maximum atomic E-state index is 11.4. The van der Waals surface area contributed by atoms with Gasteiger partial charge in [0.05, 0.1) is 6.61 Å². The number of hydrogen-bond donors (Lipinski definition) is 2. The second-order valence-electron chi connectivity index (χ2n) is 4.94. The summed E-state index contributed by atoms with van der Waals surface area (Å²) in [5.74, 6) is 0.0743. The van der Waals surface area contributed by atoms with E-state index in [0.29, 0.717) is 18.1 Å². The number of carbonyl (C=O) groups is 1. The molecule has 2 aromatic rings. The SMILES string of the molecule is CCCCCOc1ccc(C)cc1-c1n[nH]nc1C(N)=O. The van der Waals surface area contributed by atoms with Crippen LogP contribution in [0.1, 0.15) is 42.2 Å². The minimum Gasteiger partial charge on any atom is -0.493 e. The summed E-state index contributed by atoms with van der Waals surface area (Å²) >= 11 is 0. The number of nitrogens with zero attached hydrogens (tertiary/aromatic N) is 2. The van der Waals surface area contributed by atoms with Gasteiger partial charge in [-0.3, -0.25) is 4.79 Å². The van der Waals surface area contributed by atoms with Gasteiger partial charge in [-0.1, -0.05) is 31.4 Å². The van der Waals surface area contributed by atoms with E-state index in [0.717, 1.165) is 30.4 Å². The van der Waals surface area contributed by atoms with Crippen LogP contribution in [0.3, 0.4) is 0 Å². The zero-order chi connectivity index (χ0) is 15.2. The molecule has 0 saturated carbocycles. The van der Waals surface area contributed by atoms with Gasteiger partial charge in [0.2, 0.25) is 0 Å². The molecule has 0 spiro atoms. The van der Waals surface area contributed by atoms with Crippen molar-refractivity contribution in [1.29, 1.82) is 0 Å². The average molecular weight is 288 g/mol. The quantitative estimate of drug-likeness (QED) is 0.765. The molecular formula is C15H20N4O2. The van der Waals surface area contributed by atoms with E-state index in [9.17, 15) is 4.79 Å². The third kappa shape index (κ3) is 3.59. The molecule has 2 rings (SSSR count). The van der Waals surface area contributed by atoms with Crippen LogP contribution in [0.25, 0.3) is 11.3 Å². The van der Waals surface area contributed by atoms with E-state index in [4.69, 9.17) is 10.5 Å². The second kappa shape index (κ2) is 6.88. The molecular weight excluding hydrogens is 268 g/mol. The van der Waals surface area contributed by atoms with Gasteiger partial charge in [0.15, 0.2) is 5.69 Å². The standard InChI is InChI=1S/C15H20N4O2/c1-3-4-5-8-21-12-7-6-10(2)9-11(12)13-14(15(16)20)18-19-17-13/h6-7,9H,3-5,8H2,1-2H3,(H2,16,20)(H,17,18,19). The van der Waals surface area contributed by atoms with Gasteiger partial charge >= 0.3 is 0 Å². The van der Waals surface area contributed by atoms with Crippen LogP contribution in [0.15, 0.2) is 18.2 Å². The van der Waals surface area contributed by atoms with E-state index in [2.05, 4.69) is 22.3 Å². The molecule has 1 aromatic heterocycles. The Kier molecular flexibility index (Phi) is 4.92. The average Bonchev–Trinajstić information content (AvgIpc) is 2.94. The van der Waals surface area contributed by atoms with Crippen molar-refractivity contribution in [3.05, 3.63) is 29.5 Å². The van der Waals surface area contributed by atoms with Crippen LogP contribution < -0.4 is 10.5 Å². The molecule has 6 heteroatoms. The van der Waals surface area contributed by atoms with Crippen LogP contribution in [0, 0.1) is 6.92 Å². The molecule has 1 amide bonds. The highest BCUT2D eigenvalue weighted by Crippen LogP contribution is 2.31. The first-order chi connectivity index (χ1) is 10.1. The zero-order valence-electron chi connectivity index (χ0n) is 12.3. The normalized spacial score (nSPS) is 10.6. The third-order valence-electron chi connectivity index (χ3n) is 3.18. The number of hydrogen-bond acceptors (Lipinski definition) is 4. The Morgan fingerprint density at radius 3 is 2.86 bits per heavy atom. The van der Waals surface area contributed by atoms with E-state index in [1.807, 2.05) is 25.1 Å². The van der Waals surface area contributed by atoms with Gasteiger partial charge in [-0.25, -0.2) is 0 Å². The molecule has 1 aromatic carbocycles. The molecule has 0 saturated heterocycles. The summed E-state index contributed by atoms with van der Waals surface area (Å²) in [6.07, 6.45) is 3.25. The molecule has 0 aliphatic heterocycles. The van der Waals surface area contributed by atoms with Gasteiger partial charge in [0.1, 0.15) is 11.4 Å². The van der Waals surface area contributed by atoms with E-state index < -0.39 is 5.91 Å². The Labute approximate surface area is 123 Å². The summed E-state index contributed by atoms with van der Waals surface area (Å²) < 4.78 is 5.82. The van der Waals surface area contributed by atoms with Crippen LogP contribution >= 0.6 is 0 Å². The monoisotopic (exact) mass is 288 g/mol. The predicted molar refractivity (Wildman–Crippen MR) is 80.1 cm³/mol. The molecule has 0 bridgehead atoms. The van der Waals surface area contributed by atoms with Crippen molar-refractivity contribution in [2.45, 2.75) is 33.1 Å². The van der Waals surface area contributed by atoms with Gasteiger partial charge in [0, 0.05) is 5.56 Å². The molecule has 0 unspecified atom stereocenters. The molecule has 21 heavy (non-hydrogen) atoms. The first kappa shape index (κ1) is 15.0. The summed E-state index contributed by atoms with van der Waals surface area (Å²) in [6, 6.07) is 5.76. The maximum absolute atomic E-state index is 11.4. The molecule has 1 heterocycles. The first-order valence-corrected chi connectivity index (χ1v) is 7.08. The van der Waals surface area contributed by atoms with Gasteiger partial charge in [-0.15, -0.1) is 0 Å². The van der Waals surface area contributed by atoms with E-state index in [1.54, 1.807) is 0 Å². The number of nitrogens with two attached hydrogens (primary N) is 1. The predicted octanol–water partition coefficient (Wildman–Crippen LogP) is 2.45. The van der Waals surface area contributed by atoms with Crippen molar-refractivity contribution in [3.63, 3.8) is 0 Å². The number of primary amides is 1. The second-order valence-corrected chi connectivity index (χ2v) is 4.94. The largest absolute Gasteiger partial charge is 0.493 e. The van der Waals surface area contributed by atoms with Gasteiger partial charge < -0.3 is 10.5 Å². The molecule has 112 valence electrons. The highest BCUT2D eigenvalue weighted by Gasteiger charge is 2.18. The number of unbranched alkanes of at least 4 members (excludes halogenated alkanes) is 2. The lowest BCUT2D eigenvalue weighted by Gasteiger charge is -2.11. The van der Waals surface area contributed by atoms with Crippen molar-refractivity contribution in [1.82, 2.24) is 15.4 Å². The topological polar surface area (TPSA) is 93.9 Å². The summed E-state index contributed by atoms with van der Waals surface area (Å²) in [6.45, 7) is 4.74. The number of nitrogens with one attached hydrogen (secondary N) is 1. The number of aromatic amines is 1. The van der Waals surface area contributed by atoms with Crippen molar-refractivity contribution < 1.29 is 9.53 Å². The molecule has 3 N–H and O–H groups in total. The fourth-order valence-electron chi connectivity index (χ4n) is 2.08. The third-order valence-corrected chi connectivity index (χ3v) is 3.18. The summed E-state index contributed by atoms with van der Waals surface area (Å²) in [5.41, 5.74) is 7.65. The Balaban J connectivity index is 2.30. The van der Waals surface area contributed by atoms with Crippen molar-refractivity contribution in [3.8, 4) is 17.0 Å². The molecule has 0 atom stereocenters. The lowest BCUT2D eigenvalue weighted by molar-refractivity contribution is 0.0996. The number of amides is 1. The van der Waals surface area contributed by atoms with Crippen molar-refractivity contribution in [2.75, 3.05) is 6.61 Å². The molecule has 0 fully saturated rings. The van der Waals surface area contributed by atoms with Crippen LogP contribution in [0.5, 0.6) is 5.75 Å². The zero-order valence-corrected chi connectivity index (χ0v) is 12.3. The Hall–Kier alpha value is -2.37. The van der Waals surface area contributed by atoms with Crippen LogP contribution in [0.4, 0.5) is 0 Å². The summed E-state index contributed by atoms with van der Waals surface area (Å²) in [4.78, 5) is 11.4. The van der Waals surface area contributed by atoms with Crippen LogP contribution in [0.2, 0.25) is 0 Å². The summed E-state index contributed by atoms with van der Waals surface area (Å²) in [7, 11) is 0. The Bertz CT molecular complexity index is 622. The molecule has 0 aliphatic rings. The lowest BCUT2D eigenvalue weighted by Crippen LogP contribution is -2.13.